The van der Waals surface area contributed by atoms with E-state index < -0.39 is 0 Å². The molecule has 1 fully saturated rings. The largest absolute Gasteiger partial charge is 0.498 e. The Hall–Kier alpha value is -0.775. The van der Waals surface area contributed by atoms with Crippen molar-refractivity contribution in [1.82, 2.24) is 9.78 Å². The molecule has 0 saturated carbocycles. The number of aromatic nitrogens is 2. The zero-order valence-corrected chi connectivity index (χ0v) is 14.7. The molecule has 1 saturated heterocycles. The maximum absolute atomic E-state index is 6.14. The van der Waals surface area contributed by atoms with Crippen molar-refractivity contribution in [2.75, 3.05) is 0 Å². The van der Waals surface area contributed by atoms with Crippen LogP contribution in [-0.4, -0.2) is 28.1 Å². The number of aryl methyl sites for hydroxylation is 1. The van der Waals surface area contributed by atoms with Crippen LogP contribution < -0.4 is 5.46 Å². The summed E-state index contributed by atoms with van der Waals surface area (Å²) < 4.78 is 14.2. The Kier molecular flexibility index (Phi) is 4.31. The molecule has 21 heavy (non-hydrogen) atoms. The normalized spacial score (nSPS) is 21.1. The lowest BCUT2D eigenvalue weighted by Crippen LogP contribution is -2.41. The number of halogens is 1. The number of nitrogens with zero attached hydrogens (tertiary/aromatic N) is 2. The highest BCUT2D eigenvalue weighted by Gasteiger charge is 2.53. The molecule has 0 unspecified atom stereocenters. The molecule has 0 atom stereocenters. The van der Waals surface area contributed by atoms with E-state index in [4.69, 9.17) is 20.9 Å². The quantitative estimate of drug-likeness (QED) is 0.805. The Balaban J connectivity index is 2.34. The van der Waals surface area contributed by atoms with Gasteiger partial charge in [-0.1, -0.05) is 11.6 Å². The van der Waals surface area contributed by atoms with Crippen LogP contribution in [0.15, 0.2) is 11.1 Å². The third-order valence-corrected chi connectivity index (χ3v) is 4.88. The predicted octanol–water partition coefficient (Wildman–Crippen LogP) is 2.94. The van der Waals surface area contributed by atoms with Crippen LogP contribution in [0.2, 0.25) is 0 Å². The third kappa shape index (κ3) is 2.92. The Bertz CT molecular complexity index is 562. The molecule has 1 aromatic rings. The zero-order chi connectivity index (χ0) is 16.0. The Labute approximate surface area is 132 Å². The molecule has 0 aromatic carbocycles. The van der Waals surface area contributed by atoms with Crippen LogP contribution in [0.4, 0.5) is 0 Å². The average Bonchev–Trinajstić information content (AvgIpc) is 2.73. The first-order valence-corrected chi connectivity index (χ1v) is 7.68. The van der Waals surface area contributed by atoms with Crippen LogP contribution in [0.25, 0.3) is 0 Å². The summed E-state index contributed by atoms with van der Waals surface area (Å²) >= 11 is 5.75. The Morgan fingerprint density at radius 2 is 1.76 bits per heavy atom. The van der Waals surface area contributed by atoms with Gasteiger partial charge in [0.2, 0.25) is 0 Å². The van der Waals surface area contributed by atoms with Gasteiger partial charge in [-0.05, 0) is 54.0 Å². The summed E-state index contributed by atoms with van der Waals surface area (Å²) in [5, 5.41) is 4.60. The topological polar surface area (TPSA) is 36.3 Å². The molecule has 6 heteroatoms. The maximum atomic E-state index is 6.14. The molecule has 2 heterocycles. The van der Waals surface area contributed by atoms with Gasteiger partial charge in [0.25, 0.3) is 0 Å². The van der Waals surface area contributed by atoms with Crippen LogP contribution in [0.1, 0.15) is 46.0 Å². The molecule has 0 aliphatic carbocycles. The number of hydrogen-bond donors (Lipinski definition) is 0. The van der Waals surface area contributed by atoms with Crippen molar-refractivity contribution in [3.63, 3.8) is 0 Å². The molecule has 1 aromatic heterocycles. The van der Waals surface area contributed by atoms with Crippen molar-refractivity contribution >= 4 is 24.2 Å². The fraction of sp³-hybridized carbons (Fsp3) is 0.667. The van der Waals surface area contributed by atoms with Crippen LogP contribution in [0, 0.1) is 13.8 Å². The molecule has 1 aliphatic rings. The van der Waals surface area contributed by atoms with Gasteiger partial charge >= 0.3 is 7.12 Å². The van der Waals surface area contributed by atoms with Crippen molar-refractivity contribution in [2.24, 2.45) is 0 Å². The van der Waals surface area contributed by atoms with Gasteiger partial charge in [0.15, 0.2) is 0 Å². The first-order valence-electron chi connectivity index (χ1n) is 7.24. The minimum absolute atomic E-state index is 0.343. The van der Waals surface area contributed by atoms with Gasteiger partial charge in [-0.15, -0.1) is 0 Å². The van der Waals surface area contributed by atoms with Crippen molar-refractivity contribution in [1.29, 1.82) is 0 Å². The lowest BCUT2D eigenvalue weighted by Gasteiger charge is -2.32. The third-order valence-electron chi connectivity index (χ3n) is 4.51. The van der Waals surface area contributed by atoms with E-state index in [1.54, 1.807) is 5.54 Å². The number of hydrogen-bond acceptors (Lipinski definition) is 3. The Morgan fingerprint density at radius 3 is 2.24 bits per heavy atom. The molecule has 0 spiro atoms. The highest BCUT2D eigenvalue weighted by Crippen LogP contribution is 2.36. The number of rotatable bonds is 3. The summed E-state index contributed by atoms with van der Waals surface area (Å²) in [7, 11) is -0.371. The fourth-order valence-corrected chi connectivity index (χ4v) is 2.51. The van der Waals surface area contributed by atoms with Crippen LogP contribution in [-0.2, 0) is 15.9 Å². The zero-order valence-electron chi connectivity index (χ0n) is 14.0. The summed E-state index contributed by atoms with van der Waals surface area (Å²) in [6.45, 7) is 14.9. The molecule has 2 rings (SSSR count). The molecule has 0 bridgehead atoms. The summed E-state index contributed by atoms with van der Waals surface area (Å²) in [5.41, 5.74) is 4.98. The lowest BCUT2D eigenvalue weighted by molar-refractivity contribution is 0.00578. The predicted molar refractivity (Wildman–Crippen MR) is 87.0 cm³/mol. The second-order valence-corrected chi connectivity index (χ2v) is 7.00. The molecule has 0 radical (unpaired) electrons. The van der Waals surface area contributed by atoms with Crippen molar-refractivity contribution in [3.8, 4) is 0 Å². The average molecular weight is 311 g/mol. The monoisotopic (exact) mass is 310 g/mol. The first-order chi connectivity index (χ1) is 9.59. The van der Waals surface area contributed by atoms with Gasteiger partial charge in [0, 0.05) is 16.7 Å². The molecule has 1 aliphatic heterocycles. The minimum atomic E-state index is -0.371. The van der Waals surface area contributed by atoms with E-state index in [1.165, 1.54) is 0 Å². The molecular weight excluding hydrogens is 286 g/mol. The highest BCUT2D eigenvalue weighted by molar-refractivity contribution is 6.63. The Morgan fingerprint density at radius 1 is 1.24 bits per heavy atom. The second-order valence-electron chi connectivity index (χ2n) is 6.79. The smallest absolute Gasteiger partial charge is 0.399 e. The van der Waals surface area contributed by atoms with Gasteiger partial charge in [-0.3, -0.25) is 4.68 Å². The van der Waals surface area contributed by atoms with E-state index in [0.717, 1.165) is 22.4 Å². The van der Waals surface area contributed by atoms with E-state index in [-0.39, 0.29) is 18.3 Å². The first kappa shape index (κ1) is 16.6. The van der Waals surface area contributed by atoms with Gasteiger partial charge in [0.05, 0.1) is 23.4 Å². The van der Waals surface area contributed by atoms with Crippen LogP contribution in [0.3, 0.4) is 0 Å². The lowest BCUT2D eigenvalue weighted by atomic mass is 9.77. The molecule has 0 N–H and O–H groups in total. The standard InChI is InChI=1S/C15H24BClN2O2/c1-10(8-17)9-19-12(3)13(11(2)18-19)16-20-14(4,5)15(6,7)21-16/h8H,9H2,1-7H3/b10-8+. The van der Waals surface area contributed by atoms with E-state index in [2.05, 4.69) is 32.8 Å². The molecular formula is C15H24BClN2O2. The second kappa shape index (κ2) is 5.45. The van der Waals surface area contributed by atoms with Crippen LogP contribution >= 0.6 is 11.6 Å². The summed E-state index contributed by atoms with van der Waals surface area (Å²) in [5.74, 6) is 0. The molecule has 116 valence electrons. The molecule has 4 nitrogen and oxygen atoms in total. The van der Waals surface area contributed by atoms with E-state index in [9.17, 15) is 0 Å². The fourth-order valence-electron chi connectivity index (χ4n) is 2.44. The van der Waals surface area contributed by atoms with Crippen molar-refractivity contribution in [2.45, 2.75) is 66.2 Å². The minimum Gasteiger partial charge on any atom is -0.399 e. The highest BCUT2D eigenvalue weighted by atomic mass is 35.5. The van der Waals surface area contributed by atoms with Crippen molar-refractivity contribution < 1.29 is 9.31 Å². The van der Waals surface area contributed by atoms with Gasteiger partial charge in [-0.2, -0.15) is 5.10 Å². The summed E-state index contributed by atoms with van der Waals surface area (Å²) in [6.07, 6.45) is 0. The maximum Gasteiger partial charge on any atom is 0.498 e. The SMILES string of the molecule is C/C(=C\Cl)Cn1nc(C)c(B2OC(C)(C)C(C)(C)O2)c1C. The summed E-state index contributed by atoms with van der Waals surface area (Å²) in [4.78, 5) is 0. The van der Waals surface area contributed by atoms with Crippen LogP contribution in [0.5, 0.6) is 0 Å². The van der Waals surface area contributed by atoms with E-state index in [0.29, 0.717) is 6.54 Å². The van der Waals surface area contributed by atoms with Gasteiger partial charge in [-0.25, -0.2) is 0 Å². The van der Waals surface area contributed by atoms with Crippen molar-refractivity contribution in [3.05, 3.63) is 22.5 Å². The van der Waals surface area contributed by atoms with Gasteiger partial charge < -0.3 is 9.31 Å². The van der Waals surface area contributed by atoms with Gasteiger partial charge in [0.1, 0.15) is 0 Å². The summed E-state index contributed by atoms with van der Waals surface area (Å²) in [6, 6.07) is 0. The van der Waals surface area contributed by atoms with E-state index in [1.807, 2.05) is 25.5 Å². The van der Waals surface area contributed by atoms with E-state index >= 15 is 0 Å². The number of allylic oxidation sites excluding steroid dienone is 1. The molecule has 0 amide bonds.